The number of nitrogens with one attached hydrogen (secondary N) is 1. The molecule has 2 rings (SSSR count). The number of amides is 1. The smallest absolute Gasteiger partial charge is 0.283 e. The van der Waals surface area contributed by atoms with Gasteiger partial charge in [0.05, 0.1) is 17.7 Å². The highest BCUT2D eigenvalue weighted by Gasteiger charge is 2.21. The highest BCUT2D eigenvalue weighted by molar-refractivity contribution is 6.31. The average Bonchev–Trinajstić information content (AvgIpc) is 2.47. The standard InChI is InChI=1S/C15H13ClN2O4/c1-9-3-6-14(22-2)12(7-9)17-15(19)11-5-4-10(16)8-13(11)18(20)21/h3-8H,1-2H3,(H,17,19). The van der Waals surface area contributed by atoms with Gasteiger partial charge in [0.1, 0.15) is 11.3 Å². The maximum absolute atomic E-state index is 12.3. The fraction of sp³-hybridized carbons (Fsp3) is 0.133. The Morgan fingerprint density at radius 2 is 2.00 bits per heavy atom. The number of benzene rings is 2. The molecule has 114 valence electrons. The van der Waals surface area contributed by atoms with E-state index in [1.807, 2.05) is 13.0 Å². The summed E-state index contributed by atoms with van der Waals surface area (Å²) in [5.74, 6) is -0.136. The molecule has 6 nitrogen and oxygen atoms in total. The van der Waals surface area contributed by atoms with E-state index >= 15 is 0 Å². The van der Waals surface area contributed by atoms with Gasteiger partial charge in [0.15, 0.2) is 0 Å². The molecule has 0 radical (unpaired) electrons. The van der Waals surface area contributed by atoms with E-state index in [2.05, 4.69) is 5.32 Å². The SMILES string of the molecule is COc1ccc(C)cc1NC(=O)c1ccc(Cl)cc1[N+](=O)[O-]. The van der Waals surface area contributed by atoms with Crippen LogP contribution in [-0.4, -0.2) is 17.9 Å². The molecule has 0 aliphatic heterocycles. The quantitative estimate of drug-likeness (QED) is 0.686. The number of carbonyl (C=O) groups is 1. The molecule has 2 aromatic carbocycles. The van der Waals surface area contributed by atoms with Crippen molar-refractivity contribution in [3.63, 3.8) is 0 Å². The van der Waals surface area contributed by atoms with Gasteiger partial charge in [0.25, 0.3) is 11.6 Å². The van der Waals surface area contributed by atoms with Crippen LogP contribution in [0.3, 0.4) is 0 Å². The molecule has 1 N–H and O–H groups in total. The number of halogens is 1. The first-order valence-corrected chi connectivity index (χ1v) is 6.70. The van der Waals surface area contributed by atoms with Crippen molar-refractivity contribution < 1.29 is 14.5 Å². The van der Waals surface area contributed by atoms with Crippen LogP contribution in [0.4, 0.5) is 11.4 Å². The maximum atomic E-state index is 12.3. The summed E-state index contributed by atoms with van der Waals surface area (Å²) in [4.78, 5) is 22.7. The number of rotatable bonds is 4. The molecular weight excluding hydrogens is 308 g/mol. The van der Waals surface area contributed by atoms with Crippen molar-refractivity contribution >= 4 is 28.9 Å². The van der Waals surface area contributed by atoms with Gasteiger partial charge in [-0.25, -0.2) is 0 Å². The summed E-state index contributed by atoms with van der Waals surface area (Å²) in [6, 6.07) is 9.15. The Kier molecular flexibility index (Phi) is 4.62. The molecule has 0 fully saturated rings. The summed E-state index contributed by atoms with van der Waals surface area (Å²) >= 11 is 5.74. The third kappa shape index (κ3) is 3.35. The van der Waals surface area contributed by atoms with Crippen LogP contribution < -0.4 is 10.1 Å². The third-order valence-corrected chi connectivity index (χ3v) is 3.24. The van der Waals surface area contributed by atoms with Gasteiger partial charge >= 0.3 is 0 Å². The zero-order chi connectivity index (χ0) is 16.3. The number of nitro groups is 1. The number of carbonyl (C=O) groups excluding carboxylic acids is 1. The number of hydrogen-bond acceptors (Lipinski definition) is 4. The number of anilines is 1. The van der Waals surface area contributed by atoms with Gasteiger partial charge in [-0.2, -0.15) is 0 Å². The molecule has 22 heavy (non-hydrogen) atoms. The molecule has 0 unspecified atom stereocenters. The molecular formula is C15H13ClN2O4. The highest BCUT2D eigenvalue weighted by Crippen LogP contribution is 2.28. The Morgan fingerprint density at radius 1 is 1.27 bits per heavy atom. The summed E-state index contributed by atoms with van der Waals surface area (Å²) in [6.07, 6.45) is 0. The molecule has 0 spiro atoms. The van der Waals surface area contributed by atoms with Crippen molar-refractivity contribution in [1.82, 2.24) is 0 Å². The van der Waals surface area contributed by atoms with Crippen molar-refractivity contribution in [3.05, 3.63) is 62.7 Å². The lowest BCUT2D eigenvalue weighted by atomic mass is 10.1. The lowest BCUT2D eigenvalue weighted by molar-refractivity contribution is -0.385. The van der Waals surface area contributed by atoms with Gasteiger partial charge in [0, 0.05) is 11.1 Å². The van der Waals surface area contributed by atoms with Crippen molar-refractivity contribution in [2.24, 2.45) is 0 Å². The molecule has 1 amide bonds. The zero-order valence-corrected chi connectivity index (χ0v) is 12.7. The number of methoxy groups -OCH3 is 1. The first-order chi connectivity index (χ1) is 10.4. The molecule has 0 bridgehead atoms. The molecule has 0 heterocycles. The van der Waals surface area contributed by atoms with Crippen LogP contribution in [-0.2, 0) is 0 Å². The number of ether oxygens (including phenoxy) is 1. The van der Waals surface area contributed by atoms with Gasteiger partial charge in [0.2, 0.25) is 0 Å². The minimum atomic E-state index is -0.645. The Hall–Kier alpha value is -2.60. The van der Waals surface area contributed by atoms with E-state index in [1.54, 1.807) is 12.1 Å². The van der Waals surface area contributed by atoms with Crippen molar-refractivity contribution in [1.29, 1.82) is 0 Å². The van der Waals surface area contributed by atoms with Crippen LogP contribution in [0.5, 0.6) is 5.75 Å². The summed E-state index contributed by atoms with van der Waals surface area (Å²) in [5, 5.41) is 13.9. The van der Waals surface area contributed by atoms with Gasteiger partial charge in [-0.05, 0) is 36.8 Å². The zero-order valence-electron chi connectivity index (χ0n) is 11.9. The Labute approximate surface area is 131 Å². The number of nitrogens with zero attached hydrogens (tertiary/aromatic N) is 1. The van der Waals surface area contributed by atoms with Crippen molar-refractivity contribution in [2.45, 2.75) is 6.92 Å². The highest BCUT2D eigenvalue weighted by atomic mass is 35.5. The summed E-state index contributed by atoms with van der Waals surface area (Å²) in [5.41, 5.74) is 0.938. The second-order valence-electron chi connectivity index (χ2n) is 4.58. The Morgan fingerprint density at radius 3 is 2.64 bits per heavy atom. The topological polar surface area (TPSA) is 81.5 Å². The predicted molar refractivity (Wildman–Crippen MR) is 83.8 cm³/mol. The predicted octanol–water partition coefficient (Wildman–Crippen LogP) is 3.82. The molecule has 0 saturated heterocycles. The van der Waals surface area contributed by atoms with E-state index in [4.69, 9.17) is 16.3 Å². The number of hydrogen-bond donors (Lipinski definition) is 1. The molecule has 0 atom stereocenters. The van der Waals surface area contributed by atoms with Crippen LogP contribution in [0, 0.1) is 17.0 Å². The molecule has 2 aromatic rings. The normalized spacial score (nSPS) is 10.1. The molecule has 0 aromatic heterocycles. The first kappa shape index (κ1) is 15.8. The first-order valence-electron chi connectivity index (χ1n) is 6.32. The number of aryl methyl sites for hydroxylation is 1. The fourth-order valence-electron chi connectivity index (χ4n) is 1.96. The summed E-state index contributed by atoms with van der Waals surface area (Å²) in [6.45, 7) is 1.86. The van der Waals surface area contributed by atoms with Gasteiger partial charge < -0.3 is 10.1 Å². The summed E-state index contributed by atoms with van der Waals surface area (Å²) in [7, 11) is 1.48. The van der Waals surface area contributed by atoms with Crippen LogP contribution in [0.25, 0.3) is 0 Å². The van der Waals surface area contributed by atoms with Crippen LogP contribution in [0.1, 0.15) is 15.9 Å². The van der Waals surface area contributed by atoms with E-state index in [0.717, 1.165) is 11.6 Å². The largest absolute Gasteiger partial charge is 0.495 e. The van der Waals surface area contributed by atoms with Gasteiger partial charge in [-0.3, -0.25) is 14.9 Å². The van der Waals surface area contributed by atoms with E-state index in [1.165, 1.54) is 19.2 Å². The molecule has 0 aliphatic rings. The van der Waals surface area contributed by atoms with Crippen molar-refractivity contribution in [3.8, 4) is 5.75 Å². The number of nitro benzene ring substituents is 1. The second-order valence-corrected chi connectivity index (χ2v) is 5.01. The molecule has 0 aliphatic carbocycles. The molecule has 0 saturated carbocycles. The van der Waals surface area contributed by atoms with E-state index < -0.39 is 10.8 Å². The van der Waals surface area contributed by atoms with Gasteiger partial charge in [-0.1, -0.05) is 17.7 Å². The lowest BCUT2D eigenvalue weighted by Crippen LogP contribution is -2.14. The van der Waals surface area contributed by atoms with Crippen LogP contribution in [0.15, 0.2) is 36.4 Å². The van der Waals surface area contributed by atoms with Crippen LogP contribution in [0.2, 0.25) is 5.02 Å². The minimum Gasteiger partial charge on any atom is -0.495 e. The third-order valence-electron chi connectivity index (χ3n) is 3.00. The fourth-order valence-corrected chi connectivity index (χ4v) is 2.12. The van der Waals surface area contributed by atoms with Crippen molar-refractivity contribution in [2.75, 3.05) is 12.4 Å². The second kappa shape index (κ2) is 6.44. The molecule has 7 heteroatoms. The summed E-state index contributed by atoms with van der Waals surface area (Å²) < 4.78 is 5.16. The maximum Gasteiger partial charge on any atom is 0.283 e. The monoisotopic (exact) mass is 320 g/mol. The van der Waals surface area contributed by atoms with E-state index in [9.17, 15) is 14.9 Å². The van der Waals surface area contributed by atoms with E-state index in [0.29, 0.717) is 11.4 Å². The lowest BCUT2D eigenvalue weighted by Gasteiger charge is -2.11. The van der Waals surface area contributed by atoms with Gasteiger partial charge in [-0.15, -0.1) is 0 Å². The minimum absolute atomic E-state index is 0.0713. The van der Waals surface area contributed by atoms with Crippen LogP contribution >= 0.6 is 11.6 Å². The average molecular weight is 321 g/mol. The Balaban J connectivity index is 2.38. The Bertz CT molecular complexity index is 746. The van der Waals surface area contributed by atoms with E-state index in [-0.39, 0.29) is 16.3 Å².